The number of carbonyl (C=O) groups excluding carboxylic acids is 1. The molecule has 29 heavy (non-hydrogen) atoms. The van der Waals surface area contributed by atoms with Gasteiger partial charge >= 0.3 is 5.97 Å². The van der Waals surface area contributed by atoms with Crippen LogP contribution in [0.1, 0.15) is 21.5 Å². The van der Waals surface area contributed by atoms with Crippen molar-refractivity contribution >= 4 is 40.6 Å². The monoisotopic (exact) mass is 412 g/mol. The molecule has 0 bridgehead atoms. The second-order valence-electron chi connectivity index (χ2n) is 6.23. The Labute approximate surface area is 172 Å². The van der Waals surface area contributed by atoms with Crippen molar-refractivity contribution in [2.24, 2.45) is 4.99 Å². The van der Waals surface area contributed by atoms with Gasteiger partial charge in [-0.15, -0.1) is 0 Å². The van der Waals surface area contributed by atoms with Crippen LogP contribution in [0.5, 0.6) is 11.5 Å². The average molecular weight is 412 g/mol. The summed E-state index contributed by atoms with van der Waals surface area (Å²) in [5.41, 5.74) is 1.98. The van der Waals surface area contributed by atoms with Gasteiger partial charge in [-0.2, -0.15) is 0 Å². The van der Waals surface area contributed by atoms with Crippen molar-refractivity contribution in [2.45, 2.75) is 6.92 Å². The van der Waals surface area contributed by atoms with Crippen LogP contribution >= 0.6 is 11.8 Å². The van der Waals surface area contributed by atoms with Crippen LogP contribution in [0.25, 0.3) is 6.08 Å². The summed E-state index contributed by atoms with van der Waals surface area (Å²) in [5, 5.41) is 9.76. The first-order valence-electron chi connectivity index (χ1n) is 8.67. The lowest BCUT2D eigenvalue weighted by atomic mass is 10.1. The van der Waals surface area contributed by atoms with Gasteiger partial charge in [0.05, 0.1) is 30.4 Å². The summed E-state index contributed by atoms with van der Waals surface area (Å²) < 4.78 is 10.6. The Morgan fingerprint density at radius 3 is 2.62 bits per heavy atom. The predicted molar refractivity (Wildman–Crippen MR) is 113 cm³/mol. The number of hydrogen-bond acceptors (Lipinski definition) is 6. The van der Waals surface area contributed by atoms with Gasteiger partial charge in [0.2, 0.25) is 0 Å². The molecule has 0 saturated carbocycles. The SMILES string of the molecule is COc1ccc(/C=C2\SC(=Nc3cccc(C(=O)O)c3C)N(C)C2=O)c(OC)c1. The highest BCUT2D eigenvalue weighted by Crippen LogP contribution is 2.36. The second-order valence-corrected chi connectivity index (χ2v) is 7.24. The molecule has 0 spiro atoms. The Balaban J connectivity index is 1.97. The van der Waals surface area contributed by atoms with Gasteiger partial charge in [0.1, 0.15) is 11.5 Å². The fourth-order valence-corrected chi connectivity index (χ4v) is 3.78. The van der Waals surface area contributed by atoms with E-state index in [1.165, 1.54) is 22.7 Å². The largest absolute Gasteiger partial charge is 0.497 e. The molecular formula is C21H20N2O5S. The van der Waals surface area contributed by atoms with E-state index in [4.69, 9.17) is 9.47 Å². The van der Waals surface area contributed by atoms with Gasteiger partial charge in [-0.1, -0.05) is 6.07 Å². The molecule has 1 amide bonds. The lowest BCUT2D eigenvalue weighted by molar-refractivity contribution is -0.121. The van der Waals surface area contributed by atoms with Crippen molar-refractivity contribution in [3.63, 3.8) is 0 Å². The Morgan fingerprint density at radius 1 is 1.21 bits per heavy atom. The van der Waals surface area contributed by atoms with E-state index in [0.717, 1.165) is 5.56 Å². The molecule has 150 valence electrons. The summed E-state index contributed by atoms with van der Waals surface area (Å²) >= 11 is 1.22. The van der Waals surface area contributed by atoms with Crippen LogP contribution in [0.15, 0.2) is 46.3 Å². The number of thioether (sulfide) groups is 1. The molecule has 2 aromatic carbocycles. The summed E-state index contributed by atoms with van der Waals surface area (Å²) in [4.78, 5) is 30.5. The third-order valence-electron chi connectivity index (χ3n) is 4.48. The number of rotatable bonds is 5. The maximum absolute atomic E-state index is 12.7. The molecule has 1 fully saturated rings. The first-order chi connectivity index (χ1) is 13.8. The van der Waals surface area contributed by atoms with Gasteiger partial charge in [0, 0.05) is 18.7 Å². The van der Waals surface area contributed by atoms with Crippen LogP contribution in [-0.4, -0.2) is 48.3 Å². The highest BCUT2D eigenvalue weighted by atomic mass is 32.2. The summed E-state index contributed by atoms with van der Waals surface area (Å²) in [5.74, 6) is 0.0322. The zero-order chi connectivity index (χ0) is 21.1. The third kappa shape index (κ3) is 4.12. The van der Waals surface area contributed by atoms with Gasteiger partial charge in [0.15, 0.2) is 5.17 Å². The van der Waals surface area contributed by atoms with E-state index in [0.29, 0.717) is 32.8 Å². The minimum Gasteiger partial charge on any atom is -0.497 e. The van der Waals surface area contributed by atoms with E-state index >= 15 is 0 Å². The predicted octanol–water partition coefficient (Wildman–Crippen LogP) is 3.94. The molecule has 1 aliphatic rings. The molecule has 0 aliphatic carbocycles. The highest BCUT2D eigenvalue weighted by Gasteiger charge is 2.31. The zero-order valence-electron chi connectivity index (χ0n) is 16.4. The Kier molecular flexibility index (Phi) is 5.93. The van der Waals surface area contributed by atoms with Crippen LogP contribution < -0.4 is 9.47 Å². The molecule has 0 unspecified atom stereocenters. The molecule has 8 heteroatoms. The first kappa shape index (κ1) is 20.5. The molecule has 2 aromatic rings. The van der Waals surface area contributed by atoms with Gasteiger partial charge in [-0.3, -0.25) is 9.69 Å². The average Bonchev–Trinajstić information content (AvgIpc) is 2.97. The summed E-state index contributed by atoms with van der Waals surface area (Å²) in [6.45, 7) is 1.70. The number of carboxylic acids is 1. The molecule has 3 rings (SSSR count). The normalized spacial score (nSPS) is 16.6. The van der Waals surface area contributed by atoms with E-state index in [1.807, 2.05) is 6.07 Å². The highest BCUT2D eigenvalue weighted by molar-refractivity contribution is 8.18. The number of carbonyl (C=O) groups is 2. The van der Waals surface area contributed by atoms with Gasteiger partial charge in [0.25, 0.3) is 5.91 Å². The van der Waals surface area contributed by atoms with Crippen molar-refractivity contribution in [2.75, 3.05) is 21.3 Å². The molecular weight excluding hydrogens is 392 g/mol. The number of nitrogens with zero attached hydrogens (tertiary/aromatic N) is 2. The number of likely N-dealkylation sites (N-methyl/N-ethyl adjacent to an activating group) is 1. The third-order valence-corrected chi connectivity index (χ3v) is 5.54. The number of methoxy groups -OCH3 is 2. The second kappa shape index (κ2) is 8.40. The van der Waals surface area contributed by atoms with Crippen LogP contribution in [-0.2, 0) is 4.79 Å². The summed E-state index contributed by atoms with van der Waals surface area (Å²) in [6.07, 6.45) is 1.74. The van der Waals surface area contributed by atoms with E-state index in [-0.39, 0.29) is 11.5 Å². The maximum atomic E-state index is 12.7. The molecule has 1 aliphatic heterocycles. The van der Waals surface area contributed by atoms with Crippen LogP contribution in [0, 0.1) is 6.92 Å². The Bertz CT molecular complexity index is 1050. The molecule has 1 saturated heterocycles. The van der Waals surface area contributed by atoms with Crippen LogP contribution in [0.3, 0.4) is 0 Å². The van der Waals surface area contributed by atoms with E-state index in [2.05, 4.69) is 4.99 Å². The standard InChI is InChI=1S/C21H20N2O5S/c1-12-15(20(25)26)6-5-7-16(12)22-21-23(2)19(24)18(29-21)10-13-8-9-14(27-3)11-17(13)28-4/h5-11H,1-4H3,(H,25,26)/b18-10-,22-21?. The summed E-state index contributed by atoms with van der Waals surface area (Å²) in [7, 11) is 4.76. The molecule has 0 atom stereocenters. The smallest absolute Gasteiger partial charge is 0.336 e. The molecule has 7 nitrogen and oxygen atoms in total. The molecule has 1 N–H and O–H groups in total. The minimum atomic E-state index is -1.01. The topological polar surface area (TPSA) is 88.4 Å². The lowest BCUT2D eigenvalue weighted by Crippen LogP contribution is -2.23. The number of ether oxygens (including phenoxy) is 2. The van der Waals surface area contributed by atoms with Gasteiger partial charge in [-0.05, 0) is 54.6 Å². The summed E-state index contributed by atoms with van der Waals surface area (Å²) in [6, 6.07) is 10.2. The van der Waals surface area contributed by atoms with Gasteiger partial charge in [-0.25, -0.2) is 9.79 Å². The number of aromatic carboxylic acids is 1. The Morgan fingerprint density at radius 2 is 1.97 bits per heavy atom. The van der Waals surface area contributed by atoms with Crippen molar-refractivity contribution in [3.8, 4) is 11.5 Å². The van der Waals surface area contributed by atoms with Crippen molar-refractivity contribution in [3.05, 3.63) is 58.0 Å². The van der Waals surface area contributed by atoms with Crippen LogP contribution in [0.2, 0.25) is 0 Å². The lowest BCUT2D eigenvalue weighted by Gasteiger charge is -2.09. The van der Waals surface area contributed by atoms with E-state index in [9.17, 15) is 14.7 Å². The number of benzene rings is 2. The van der Waals surface area contributed by atoms with E-state index in [1.54, 1.807) is 58.5 Å². The van der Waals surface area contributed by atoms with Gasteiger partial charge < -0.3 is 14.6 Å². The number of aliphatic imine (C=N–C) groups is 1. The van der Waals surface area contributed by atoms with Crippen LogP contribution in [0.4, 0.5) is 5.69 Å². The zero-order valence-corrected chi connectivity index (χ0v) is 17.2. The number of amides is 1. The quantitative estimate of drug-likeness (QED) is 0.749. The number of hydrogen-bond donors (Lipinski definition) is 1. The Hall–Kier alpha value is -3.26. The van der Waals surface area contributed by atoms with Crippen molar-refractivity contribution < 1.29 is 24.2 Å². The molecule has 0 aromatic heterocycles. The molecule has 1 heterocycles. The first-order valence-corrected chi connectivity index (χ1v) is 9.48. The van der Waals surface area contributed by atoms with Crippen molar-refractivity contribution in [1.29, 1.82) is 0 Å². The number of carboxylic acid groups (broad SMARTS) is 1. The minimum absolute atomic E-state index is 0.183. The fourth-order valence-electron chi connectivity index (χ4n) is 2.81. The van der Waals surface area contributed by atoms with E-state index < -0.39 is 5.97 Å². The number of amidine groups is 1. The van der Waals surface area contributed by atoms with Crippen molar-refractivity contribution in [1.82, 2.24) is 4.90 Å². The fraction of sp³-hybridized carbons (Fsp3) is 0.190. The maximum Gasteiger partial charge on any atom is 0.336 e. The molecule has 0 radical (unpaired) electrons.